The number of pyridine rings is 1. The van der Waals surface area contributed by atoms with E-state index in [4.69, 9.17) is 5.73 Å². The van der Waals surface area contributed by atoms with Crippen molar-refractivity contribution < 1.29 is 0 Å². The van der Waals surface area contributed by atoms with Crippen molar-refractivity contribution in [2.75, 3.05) is 32.7 Å². The summed E-state index contributed by atoms with van der Waals surface area (Å²) < 4.78 is 0. The fraction of sp³-hybridized carbons (Fsp3) is 0.643. The Kier molecular flexibility index (Phi) is 4.69. The molecule has 0 saturated carbocycles. The molecule has 1 fully saturated rings. The molecule has 1 aliphatic rings. The van der Waals surface area contributed by atoms with Gasteiger partial charge in [0, 0.05) is 45.0 Å². The van der Waals surface area contributed by atoms with Crippen LogP contribution >= 0.6 is 0 Å². The lowest BCUT2D eigenvalue weighted by molar-refractivity contribution is 0.0789. The molecule has 4 nitrogen and oxygen atoms in total. The summed E-state index contributed by atoms with van der Waals surface area (Å²) in [4.78, 5) is 9.42. The van der Waals surface area contributed by atoms with Crippen molar-refractivity contribution in [1.82, 2.24) is 14.8 Å². The van der Waals surface area contributed by atoms with Gasteiger partial charge in [0.25, 0.3) is 0 Å². The summed E-state index contributed by atoms with van der Waals surface area (Å²) in [5.74, 6) is 0. The van der Waals surface area contributed by atoms with Crippen LogP contribution in [-0.2, 0) is 0 Å². The highest BCUT2D eigenvalue weighted by Gasteiger charge is 2.25. The number of piperazine rings is 1. The van der Waals surface area contributed by atoms with Crippen molar-refractivity contribution >= 4 is 0 Å². The van der Waals surface area contributed by atoms with Crippen LogP contribution in [0.4, 0.5) is 0 Å². The lowest BCUT2D eigenvalue weighted by Crippen LogP contribution is -2.51. The molecule has 2 rings (SSSR count). The molecule has 0 spiro atoms. The van der Waals surface area contributed by atoms with E-state index >= 15 is 0 Å². The number of hydrogen-bond donors (Lipinski definition) is 1. The summed E-state index contributed by atoms with van der Waals surface area (Å²) in [6.07, 6.45) is 1.85. The smallest absolute Gasteiger partial charge is 0.0645 e. The molecule has 0 aliphatic carbocycles. The molecule has 18 heavy (non-hydrogen) atoms. The molecule has 0 bridgehead atoms. The van der Waals surface area contributed by atoms with Gasteiger partial charge in [-0.25, -0.2) is 0 Å². The predicted octanol–water partition coefficient (Wildman–Crippen LogP) is 1.11. The molecule has 2 N–H and O–H groups in total. The molecule has 0 aromatic carbocycles. The lowest BCUT2D eigenvalue weighted by Gasteiger charge is -2.40. The van der Waals surface area contributed by atoms with Crippen molar-refractivity contribution in [1.29, 1.82) is 0 Å². The first-order valence-electron chi connectivity index (χ1n) is 6.81. The van der Waals surface area contributed by atoms with Gasteiger partial charge >= 0.3 is 0 Å². The molecule has 4 heteroatoms. The zero-order chi connectivity index (χ0) is 13.0. The second kappa shape index (κ2) is 6.27. The second-order valence-electron chi connectivity index (χ2n) is 5.17. The van der Waals surface area contributed by atoms with Crippen LogP contribution in [0.2, 0.25) is 0 Å². The SMILES string of the molecule is CC(C)N1CCN(C(CN)c2ccccn2)CC1. The number of aromatic nitrogens is 1. The molecule has 0 amide bonds. The Morgan fingerprint density at radius 1 is 1.17 bits per heavy atom. The maximum absolute atomic E-state index is 5.93. The van der Waals surface area contributed by atoms with Gasteiger partial charge in [0.1, 0.15) is 0 Å². The summed E-state index contributed by atoms with van der Waals surface area (Å²) >= 11 is 0. The van der Waals surface area contributed by atoms with E-state index in [1.807, 2.05) is 18.3 Å². The normalized spacial score (nSPS) is 20.2. The maximum atomic E-state index is 5.93. The molecule has 1 aliphatic heterocycles. The molecule has 1 unspecified atom stereocenters. The Labute approximate surface area is 110 Å². The average molecular weight is 248 g/mol. The van der Waals surface area contributed by atoms with Gasteiger partial charge in [0.2, 0.25) is 0 Å². The predicted molar refractivity (Wildman–Crippen MR) is 74.3 cm³/mol. The highest BCUT2D eigenvalue weighted by Crippen LogP contribution is 2.19. The molecular formula is C14H24N4. The summed E-state index contributed by atoms with van der Waals surface area (Å²) in [5, 5.41) is 0. The Hall–Kier alpha value is -0.970. The summed E-state index contributed by atoms with van der Waals surface area (Å²) in [5.41, 5.74) is 7.03. The van der Waals surface area contributed by atoms with Crippen LogP contribution in [0.5, 0.6) is 0 Å². The Balaban J connectivity index is 1.99. The zero-order valence-electron chi connectivity index (χ0n) is 11.4. The third-order valence-corrected chi connectivity index (χ3v) is 3.77. The van der Waals surface area contributed by atoms with Crippen LogP contribution in [0.3, 0.4) is 0 Å². The zero-order valence-corrected chi connectivity index (χ0v) is 11.4. The van der Waals surface area contributed by atoms with Gasteiger partial charge in [0.15, 0.2) is 0 Å². The molecule has 1 aromatic heterocycles. The van der Waals surface area contributed by atoms with Crippen molar-refractivity contribution in [3.8, 4) is 0 Å². The molecule has 1 atom stereocenters. The standard InChI is InChI=1S/C14H24N4/c1-12(2)17-7-9-18(10-8-17)14(11-15)13-5-3-4-6-16-13/h3-6,12,14H,7-11,15H2,1-2H3. The van der Waals surface area contributed by atoms with Gasteiger partial charge in [-0.2, -0.15) is 0 Å². The van der Waals surface area contributed by atoms with Crippen LogP contribution in [0.1, 0.15) is 25.6 Å². The Morgan fingerprint density at radius 2 is 1.83 bits per heavy atom. The average Bonchev–Trinajstić information content (AvgIpc) is 2.41. The summed E-state index contributed by atoms with van der Waals surface area (Å²) in [6.45, 7) is 9.57. The van der Waals surface area contributed by atoms with Crippen molar-refractivity contribution in [3.05, 3.63) is 30.1 Å². The number of rotatable bonds is 4. The quantitative estimate of drug-likeness (QED) is 0.867. The van der Waals surface area contributed by atoms with E-state index in [0.717, 1.165) is 31.9 Å². The van der Waals surface area contributed by atoms with Gasteiger partial charge in [-0.1, -0.05) is 6.07 Å². The first kappa shape index (κ1) is 13.5. The van der Waals surface area contributed by atoms with E-state index in [1.54, 1.807) is 0 Å². The van der Waals surface area contributed by atoms with Crippen LogP contribution < -0.4 is 5.73 Å². The van der Waals surface area contributed by atoms with E-state index < -0.39 is 0 Å². The highest BCUT2D eigenvalue weighted by molar-refractivity contribution is 5.09. The van der Waals surface area contributed by atoms with Crippen molar-refractivity contribution in [2.45, 2.75) is 25.9 Å². The van der Waals surface area contributed by atoms with E-state index in [9.17, 15) is 0 Å². The summed E-state index contributed by atoms with van der Waals surface area (Å²) in [6, 6.07) is 6.97. The molecule has 100 valence electrons. The monoisotopic (exact) mass is 248 g/mol. The molecule has 0 radical (unpaired) electrons. The van der Waals surface area contributed by atoms with Crippen LogP contribution in [0, 0.1) is 0 Å². The topological polar surface area (TPSA) is 45.4 Å². The minimum Gasteiger partial charge on any atom is -0.329 e. The van der Waals surface area contributed by atoms with Gasteiger partial charge in [-0.05, 0) is 26.0 Å². The van der Waals surface area contributed by atoms with Gasteiger partial charge in [0.05, 0.1) is 11.7 Å². The number of hydrogen-bond acceptors (Lipinski definition) is 4. The van der Waals surface area contributed by atoms with Crippen molar-refractivity contribution in [2.24, 2.45) is 5.73 Å². The maximum Gasteiger partial charge on any atom is 0.0645 e. The van der Waals surface area contributed by atoms with Crippen LogP contribution in [-0.4, -0.2) is 53.5 Å². The first-order valence-corrected chi connectivity index (χ1v) is 6.81. The third kappa shape index (κ3) is 3.07. The Bertz CT molecular complexity index is 344. The minimum atomic E-state index is 0.264. The van der Waals surface area contributed by atoms with Gasteiger partial charge in [-0.3, -0.25) is 14.8 Å². The fourth-order valence-corrected chi connectivity index (χ4v) is 2.60. The first-order chi connectivity index (χ1) is 8.72. The van der Waals surface area contributed by atoms with E-state index in [-0.39, 0.29) is 6.04 Å². The fourth-order valence-electron chi connectivity index (χ4n) is 2.60. The summed E-state index contributed by atoms with van der Waals surface area (Å²) in [7, 11) is 0. The lowest BCUT2D eigenvalue weighted by atomic mass is 10.1. The molecule has 1 aromatic rings. The Morgan fingerprint density at radius 3 is 2.33 bits per heavy atom. The van der Waals surface area contributed by atoms with Gasteiger partial charge < -0.3 is 5.73 Å². The van der Waals surface area contributed by atoms with Crippen LogP contribution in [0.15, 0.2) is 24.4 Å². The minimum absolute atomic E-state index is 0.264. The molecule has 1 saturated heterocycles. The number of nitrogens with zero attached hydrogens (tertiary/aromatic N) is 3. The third-order valence-electron chi connectivity index (χ3n) is 3.77. The van der Waals surface area contributed by atoms with Crippen molar-refractivity contribution in [3.63, 3.8) is 0 Å². The largest absolute Gasteiger partial charge is 0.329 e. The van der Waals surface area contributed by atoms with E-state index in [1.165, 1.54) is 0 Å². The van der Waals surface area contributed by atoms with E-state index in [0.29, 0.717) is 12.6 Å². The highest BCUT2D eigenvalue weighted by atomic mass is 15.3. The van der Waals surface area contributed by atoms with Gasteiger partial charge in [-0.15, -0.1) is 0 Å². The van der Waals surface area contributed by atoms with Crippen LogP contribution in [0.25, 0.3) is 0 Å². The molecule has 2 heterocycles. The second-order valence-corrected chi connectivity index (χ2v) is 5.17. The molecular weight excluding hydrogens is 224 g/mol. The van der Waals surface area contributed by atoms with E-state index in [2.05, 4.69) is 34.7 Å². The number of nitrogens with two attached hydrogens (primary N) is 1.